The molecule has 0 aliphatic carbocycles. The lowest BCUT2D eigenvalue weighted by Crippen LogP contribution is -2.33. The number of likely N-dealkylation sites (tertiary alicyclic amines) is 1. The zero-order valence-electron chi connectivity index (χ0n) is 7.60. The molecule has 5 nitrogen and oxygen atoms in total. The number of carbonyl (C=O) groups excluding carboxylic acids is 1. The highest BCUT2D eigenvalue weighted by atomic mass is 32.1. The van der Waals surface area contributed by atoms with Crippen molar-refractivity contribution in [3.63, 3.8) is 0 Å². The van der Waals surface area contributed by atoms with Crippen LogP contribution in [-0.2, 0) is 4.79 Å². The van der Waals surface area contributed by atoms with E-state index < -0.39 is 0 Å². The molecule has 14 heavy (non-hydrogen) atoms. The highest BCUT2D eigenvalue weighted by Crippen LogP contribution is 2.25. The summed E-state index contributed by atoms with van der Waals surface area (Å²) in [4.78, 5) is 23.1. The number of aromatic amines is 1. The van der Waals surface area contributed by atoms with Gasteiger partial charge in [0.25, 0.3) is 0 Å². The van der Waals surface area contributed by atoms with Crippen LogP contribution in [0.1, 0.15) is 23.8 Å². The average Bonchev–Trinajstić information content (AvgIpc) is 2.65. The first-order valence-corrected chi connectivity index (χ1v) is 5.36. The molecule has 0 bridgehead atoms. The Kier molecular flexibility index (Phi) is 2.62. The van der Waals surface area contributed by atoms with E-state index in [0.29, 0.717) is 6.54 Å². The molecule has 1 aliphatic rings. The van der Waals surface area contributed by atoms with Crippen LogP contribution in [0.2, 0.25) is 0 Å². The zero-order chi connectivity index (χ0) is 9.97. The molecule has 2 heterocycles. The molecule has 0 aromatic carbocycles. The molecule has 0 radical (unpaired) electrons. The van der Waals surface area contributed by atoms with Gasteiger partial charge in [-0.05, 0) is 12.8 Å². The first-order chi connectivity index (χ1) is 6.79. The second-order valence-electron chi connectivity index (χ2n) is 3.39. The Morgan fingerprint density at radius 3 is 3.14 bits per heavy atom. The second kappa shape index (κ2) is 3.91. The lowest BCUT2D eigenvalue weighted by molar-refractivity contribution is -0.119. The van der Waals surface area contributed by atoms with E-state index >= 15 is 0 Å². The number of amides is 1. The first-order valence-electron chi connectivity index (χ1n) is 4.54. The number of piperidine rings is 1. The van der Waals surface area contributed by atoms with Gasteiger partial charge in [0.15, 0.2) is 0 Å². The summed E-state index contributed by atoms with van der Waals surface area (Å²) in [7, 11) is 0. The van der Waals surface area contributed by atoms with E-state index in [-0.39, 0.29) is 10.8 Å². The van der Waals surface area contributed by atoms with Gasteiger partial charge >= 0.3 is 4.87 Å². The molecule has 1 atom stereocenters. The largest absolute Gasteiger partial charge is 0.345 e. The Hall–Kier alpha value is -1.17. The standard InChI is InChI=1S/C8H11N3O2S/c12-5-11-3-1-2-6(4-11)7-9-10-8(13)14-7/h5-6H,1-4H2,(H,10,13)/t6-/m1/s1. The minimum Gasteiger partial charge on any atom is -0.345 e. The molecule has 76 valence electrons. The van der Waals surface area contributed by atoms with Gasteiger partial charge in [0, 0.05) is 19.0 Å². The fourth-order valence-corrected chi connectivity index (χ4v) is 2.45. The van der Waals surface area contributed by atoms with Gasteiger partial charge in [-0.3, -0.25) is 9.59 Å². The minimum atomic E-state index is -0.122. The molecule has 1 amide bonds. The normalized spacial score (nSPS) is 22.3. The quantitative estimate of drug-likeness (QED) is 0.712. The number of rotatable bonds is 2. The molecular formula is C8H11N3O2S. The van der Waals surface area contributed by atoms with Crippen molar-refractivity contribution in [3.05, 3.63) is 14.7 Å². The SMILES string of the molecule is O=CN1CCC[C@@H](c2n[nH]c(=O)s2)C1. The Bertz CT molecular complexity index is 373. The Morgan fingerprint density at radius 2 is 2.50 bits per heavy atom. The van der Waals surface area contributed by atoms with E-state index in [1.54, 1.807) is 4.90 Å². The first kappa shape index (κ1) is 9.39. The van der Waals surface area contributed by atoms with Crippen LogP contribution in [0.15, 0.2) is 4.79 Å². The molecule has 1 aromatic rings. The van der Waals surface area contributed by atoms with Crippen molar-refractivity contribution in [1.29, 1.82) is 0 Å². The van der Waals surface area contributed by atoms with E-state index in [1.165, 1.54) is 0 Å². The maximum absolute atomic E-state index is 10.9. The third-order valence-electron chi connectivity index (χ3n) is 2.41. The van der Waals surface area contributed by atoms with E-state index in [9.17, 15) is 9.59 Å². The molecule has 1 saturated heterocycles. The lowest BCUT2D eigenvalue weighted by Gasteiger charge is -2.28. The van der Waals surface area contributed by atoms with Crippen LogP contribution in [0.3, 0.4) is 0 Å². The van der Waals surface area contributed by atoms with Crippen LogP contribution in [0.5, 0.6) is 0 Å². The van der Waals surface area contributed by atoms with Gasteiger partial charge in [0.05, 0.1) is 0 Å². The van der Waals surface area contributed by atoms with Crippen molar-refractivity contribution < 1.29 is 4.79 Å². The van der Waals surface area contributed by atoms with Crippen molar-refractivity contribution >= 4 is 17.7 Å². The Balaban J connectivity index is 2.11. The Morgan fingerprint density at radius 1 is 1.64 bits per heavy atom. The van der Waals surface area contributed by atoms with Crippen molar-refractivity contribution in [2.24, 2.45) is 0 Å². The van der Waals surface area contributed by atoms with Crippen LogP contribution < -0.4 is 4.87 Å². The zero-order valence-corrected chi connectivity index (χ0v) is 8.42. The molecule has 1 N–H and O–H groups in total. The average molecular weight is 213 g/mol. The van der Waals surface area contributed by atoms with Crippen LogP contribution in [0, 0.1) is 0 Å². The third kappa shape index (κ3) is 1.84. The molecule has 0 unspecified atom stereocenters. The summed E-state index contributed by atoms with van der Waals surface area (Å²) in [5, 5.41) is 7.17. The number of hydrogen-bond donors (Lipinski definition) is 1. The molecule has 0 spiro atoms. The van der Waals surface area contributed by atoms with Crippen LogP contribution in [0.4, 0.5) is 0 Å². The summed E-state index contributed by atoms with van der Waals surface area (Å²) in [6, 6.07) is 0. The van der Waals surface area contributed by atoms with Crippen molar-refractivity contribution in [2.75, 3.05) is 13.1 Å². The van der Waals surface area contributed by atoms with Gasteiger partial charge in [-0.15, -0.1) is 0 Å². The third-order valence-corrected chi connectivity index (χ3v) is 3.32. The number of nitrogens with zero attached hydrogens (tertiary/aromatic N) is 2. The number of nitrogens with one attached hydrogen (secondary N) is 1. The maximum atomic E-state index is 10.9. The maximum Gasteiger partial charge on any atom is 0.322 e. The topological polar surface area (TPSA) is 66.1 Å². The predicted molar refractivity (Wildman–Crippen MR) is 52.3 cm³/mol. The molecule has 2 rings (SSSR count). The summed E-state index contributed by atoms with van der Waals surface area (Å²) < 4.78 is 0. The van der Waals surface area contributed by atoms with Gasteiger partial charge in [0.2, 0.25) is 6.41 Å². The van der Waals surface area contributed by atoms with Crippen LogP contribution >= 0.6 is 11.3 Å². The van der Waals surface area contributed by atoms with Crippen molar-refractivity contribution in [3.8, 4) is 0 Å². The number of hydrogen-bond acceptors (Lipinski definition) is 4. The summed E-state index contributed by atoms with van der Waals surface area (Å²) >= 11 is 1.14. The summed E-state index contributed by atoms with van der Waals surface area (Å²) in [5.41, 5.74) is 0. The van der Waals surface area contributed by atoms with Crippen molar-refractivity contribution in [1.82, 2.24) is 15.1 Å². The van der Waals surface area contributed by atoms with E-state index in [0.717, 1.165) is 42.1 Å². The Labute approximate surface area is 84.7 Å². The number of carbonyl (C=O) groups is 1. The fraction of sp³-hybridized carbons (Fsp3) is 0.625. The molecule has 0 saturated carbocycles. The number of aromatic nitrogens is 2. The monoisotopic (exact) mass is 213 g/mol. The second-order valence-corrected chi connectivity index (χ2v) is 4.38. The van der Waals surface area contributed by atoms with Gasteiger partial charge in [0.1, 0.15) is 5.01 Å². The molecular weight excluding hydrogens is 202 g/mol. The van der Waals surface area contributed by atoms with Crippen molar-refractivity contribution in [2.45, 2.75) is 18.8 Å². The minimum absolute atomic E-state index is 0.122. The highest BCUT2D eigenvalue weighted by molar-refractivity contribution is 7.08. The summed E-state index contributed by atoms with van der Waals surface area (Å²) in [6.07, 6.45) is 2.85. The van der Waals surface area contributed by atoms with E-state index in [2.05, 4.69) is 10.2 Å². The van der Waals surface area contributed by atoms with E-state index in [1.807, 2.05) is 0 Å². The van der Waals surface area contributed by atoms with Crippen LogP contribution in [0.25, 0.3) is 0 Å². The fourth-order valence-electron chi connectivity index (χ4n) is 1.72. The van der Waals surface area contributed by atoms with Gasteiger partial charge in [-0.1, -0.05) is 11.3 Å². The summed E-state index contributed by atoms with van der Waals surface area (Å²) in [5.74, 6) is 0.234. The molecule has 1 fully saturated rings. The van der Waals surface area contributed by atoms with Crippen LogP contribution in [-0.4, -0.2) is 34.6 Å². The smallest absolute Gasteiger partial charge is 0.322 e. The lowest BCUT2D eigenvalue weighted by atomic mass is 9.99. The predicted octanol–water partition coefficient (Wildman–Crippen LogP) is 0.167. The van der Waals surface area contributed by atoms with Gasteiger partial charge in [-0.2, -0.15) is 5.10 Å². The molecule has 1 aromatic heterocycles. The van der Waals surface area contributed by atoms with E-state index in [4.69, 9.17) is 0 Å². The van der Waals surface area contributed by atoms with Gasteiger partial charge in [-0.25, -0.2) is 5.10 Å². The molecule has 1 aliphatic heterocycles. The van der Waals surface area contributed by atoms with Gasteiger partial charge < -0.3 is 4.90 Å². The number of H-pyrrole nitrogens is 1. The summed E-state index contributed by atoms with van der Waals surface area (Å²) in [6.45, 7) is 1.50. The molecule has 6 heteroatoms. The highest BCUT2D eigenvalue weighted by Gasteiger charge is 2.22.